The van der Waals surface area contributed by atoms with Crippen LogP contribution in [0.15, 0.2) is 18.2 Å². The smallest absolute Gasteiger partial charge is 0.148 e. The SMILES string of the molecule is C[B]c1cccc(F)c1C1(O)CCCCC1. The third-order valence-electron chi connectivity index (χ3n) is 3.50. The highest BCUT2D eigenvalue weighted by Crippen LogP contribution is 2.37. The zero-order valence-corrected chi connectivity index (χ0v) is 9.67. The Hall–Kier alpha value is -0.825. The Morgan fingerprint density at radius 2 is 1.94 bits per heavy atom. The van der Waals surface area contributed by atoms with Gasteiger partial charge in [-0.15, -0.1) is 0 Å². The van der Waals surface area contributed by atoms with Crippen molar-refractivity contribution in [1.82, 2.24) is 0 Å². The highest BCUT2D eigenvalue weighted by atomic mass is 19.1. The van der Waals surface area contributed by atoms with Gasteiger partial charge in [0, 0.05) is 5.56 Å². The van der Waals surface area contributed by atoms with E-state index in [-0.39, 0.29) is 5.82 Å². The Morgan fingerprint density at radius 3 is 2.56 bits per heavy atom. The Morgan fingerprint density at radius 1 is 1.25 bits per heavy atom. The molecule has 1 nitrogen and oxygen atoms in total. The molecule has 3 heteroatoms. The molecular weight excluding hydrogens is 202 g/mol. The maximum Gasteiger partial charge on any atom is 0.148 e. The fraction of sp³-hybridized carbons (Fsp3) is 0.538. The zero-order chi connectivity index (χ0) is 11.6. The van der Waals surface area contributed by atoms with Crippen LogP contribution >= 0.6 is 0 Å². The van der Waals surface area contributed by atoms with Gasteiger partial charge in [-0.1, -0.05) is 43.7 Å². The average Bonchev–Trinajstić information content (AvgIpc) is 2.29. The van der Waals surface area contributed by atoms with Crippen molar-refractivity contribution in [3.63, 3.8) is 0 Å². The van der Waals surface area contributed by atoms with Gasteiger partial charge in [-0.25, -0.2) is 4.39 Å². The van der Waals surface area contributed by atoms with Crippen molar-refractivity contribution in [2.24, 2.45) is 0 Å². The molecule has 1 aliphatic carbocycles. The summed E-state index contributed by atoms with van der Waals surface area (Å²) >= 11 is 0. The molecule has 0 bridgehead atoms. The molecule has 0 unspecified atom stereocenters. The van der Waals surface area contributed by atoms with Gasteiger partial charge < -0.3 is 5.11 Å². The number of hydrogen-bond donors (Lipinski definition) is 1. The second kappa shape index (κ2) is 4.58. The summed E-state index contributed by atoms with van der Waals surface area (Å²) in [5, 5.41) is 10.6. The summed E-state index contributed by atoms with van der Waals surface area (Å²) in [6.45, 7) is 1.88. The van der Waals surface area contributed by atoms with Crippen LogP contribution in [0.25, 0.3) is 0 Å². The molecule has 85 valence electrons. The predicted octanol–water partition coefficient (Wildman–Crippen LogP) is 2.36. The van der Waals surface area contributed by atoms with Crippen LogP contribution < -0.4 is 5.46 Å². The summed E-state index contributed by atoms with van der Waals surface area (Å²) in [4.78, 5) is 0. The van der Waals surface area contributed by atoms with Gasteiger partial charge in [0.2, 0.25) is 0 Å². The first-order valence-corrected chi connectivity index (χ1v) is 5.98. The van der Waals surface area contributed by atoms with E-state index < -0.39 is 5.60 Å². The van der Waals surface area contributed by atoms with Gasteiger partial charge in [-0.2, -0.15) is 0 Å². The number of benzene rings is 1. The molecule has 1 fully saturated rings. The fourth-order valence-electron chi connectivity index (χ4n) is 2.66. The summed E-state index contributed by atoms with van der Waals surface area (Å²) in [5.74, 6) is -0.278. The molecule has 1 aromatic rings. The molecule has 1 aliphatic rings. The van der Waals surface area contributed by atoms with Gasteiger partial charge in [-0.3, -0.25) is 0 Å². The molecule has 1 radical (unpaired) electrons. The zero-order valence-electron chi connectivity index (χ0n) is 9.67. The topological polar surface area (TPSA) is 20.2 Å². The van der Waals surface area contributed by atoms with E-state index in [0.29, 0.717) is 18.4 Å². The molecule has 16 heavy (non-hydrogen) atoms. The number of hydrogen-bond acceptors (Lipinski definition) is 1. The van der Waals surface area contributed by atoms with Crippen LogP contribution in [0.1, 0.15) is 37.7 Å². The van der Waals surface area contributed by atoms with E-state index in [1.54, 1.807) is 6.07 Å². The lowest BCUT2D eigenvalue weighted by Crippen LogP contribution is -2.36. The van der Waals surface area contributed by atoms with Crippen molar-refractivity contribution in [3.8, 4) is 0 Å². The van der Waals surface area contributed by atoms with Crippen molar-refractivity contribution in [3.05, 3.63) is 29.6 Å². The lowest BCUT2D eigenvalue weighted by molar-refractivity contribution is -0.00275. The lowest BCUT2D eigenvalue weighted by atomic mass is 9.65. The van der Waals surface area contributed by atoms with Crippen LogP contribution in [0.4, 0.5) is 4.39 Å². The second-order valence-corrected chi connectivity index (χ2v) is 4.58. The maximum atomic E-state index is 13.9. The fourth-order valence-corrected chi connectivity index (χ4v) is 2.66. The number of halogens is 1. The molecule has 0 heterocycles. The monoisotopic (exact) mass is 219 g/mol. The summed E-state index contributed by atoms with van der Waals surface area (Å²) < 4.78 is 13.9. The third-order valence-corrected chi connectivity index (χ3v) is 3.50. The van der Waals surface area contributed by atoms with E-state index in [9.17, 15) is 9.50 Å². The molecule has 1 aromatic carbocycles. The second-order valence-electron chi connectivity index (χ2n) is 4.58. The highest BCUT2D eigenvalue weighted by molar-refractivity contribution is 6.52. The Kier molecular flexibility index (Phi) is 3.34. The maximum absolute atomic E-state index is 13.9. The van der Waals surface area contributed by atoms with Gasteiger partial charge in [0.1, 0.15) is 13.1 Å². The minimum Gasteiger partial charge on any atom is -0.385 e. The molecule has 0 saturated heterocycles. The number of aliphatic hydroxyl groups is 1. The molecule has 1 saturated carbocycles. The van der Waals surface area contributed by atoms with Gasteiger partial charge in [0.05, 0.1) is 5.60 Å². The first kappa shape index (κ1) is 11.7. The predicted molar refractivity (Wildman–Crippen MR) is 64.6 cm³/mol. The molecule has 2 rings (SSSR count). The van der Waals surface area contributed by atoms with E-state index in [4.69, 9.17) is 0 Å². The average molecular weight is 219 g/mol. The third kappa shape index (κ3) is 2.01. The standard InChI is InChI=1S/C13H17BFO/c1-14-10-6-5-7-11(15)12(10)13(16)8-3-2-4-9-13/h5-7,16H,2-4,8-9H2,1H3. The van der Waals surface area contributed by atoms with Gasteiger partial charge in [0.25, 0.3) is 0 Å². The molecule has 0 aromatic heterocycles. The van der Waals surface area contributed by atoms with Crippen molar-refractivity contribution in [2.75, 3.05) is 0 Å². The van der Waals surface area contributed by atoms with E-state index >= 15 is 0 Å². The van der Waals surface area contributed by atoms with Crippen LogP contribution in [0.3, 0.4) is 0 Å². The van der Waals surface area contributed by atoms with E-state index in [1.165, 1.54) is 6.07 Å². The Labute approximate surface area is 96.9 Å². The Balaban J connectivity index is 2.44. The molecule has 1 N–H and O–H groups in total. The molecule has 0 amide bonds. The van der Waals surface area contributed by atoms with E-state index in [2.05, 4.69) is 0 Å². The van der Waals surface area contributed by atoms with Gasteiger partial charge in [-0.05, 0) is 18.9 Å². The van der Waals surface area contributed by atoms with Crippen LogP contribution in [-0.2, 0) is 5.60 Å². The molecule has 0 aliphatic heterocycles. The van der Waals surface area contributed by atoms with Crippen molar-refractivity contribution >= 4 is 12.7 Å². The van der Waals surface area contributed by atoms with E-state index in [1.807, 2.05) is 20.2 Å². The first-order chi connectivity index (χ1) is 7.67. The highest BCUT2D eigenvalue weighted by Gasteiger charge is 2.34. The summed E-state index contributed by atoms with van der Waals surface area (Å²) in [6, 6.07) is 5.00. The van der Waals surface area contributed by atoms with Crippen LogP contribution in [0.5, 0.6) is 0 Å². The quantitative estimate of drug-likeness (QED) is 0.757. The number of rotatable bonds is 2. The van der Waals surface area contributed by atoms with Crippen molar-refractivity contribution in [1.29, 1.82) is 0 Å². The van der Waals surface area contributed by atoms with E-state index in [0.717, 1.165) is 24.7 Å². The van der Waals surface area contributed by atoms with Crippen LogP contribution in [-0.4, -0.2) is 12.4 Å². The first-order valence-electron chi connectivity index (χ1n) is 5.98. The molecular formula is C13H17BFO. The summed E-state index contributed by atoms with van der Waals surface area (Å²) in [5.41, 5.74) is 0.368. The summed E-state index contributed by atoms with van der Waals surface area (Å²) in [6.07, 6.45) is 4.45. The minimum atomic E-state index is -0.953. The van der Waals surface area contributed by atoms with Crippen molar-refractivity contribution < 1.29 is 9.50 Å². The van der Waals surface area contributed by atoms with Gasteiger partial charge >= 0.3 is 0 Å². The summed E-state index contributed by atoms with van der Waals surface area (Å²) in [7, 11) is 1.87. The van der Waals surface area contributed by atoms with Crippen molar-refractivity contribution in [2.45, 2.75) is 44.5 Å². The van der Waals surface area contributed by atoms with Crippen LogP contribution in [0, 0.1) is 5.82 Å². The minimum absolute atomic E-state index is 0.278. The largest absolute Gasteiger partial charge is 0.385 e. The molecule has 0 spiro atoms. The van der Waals surface area contributed by atoms with Gasteiger partial charge in [0.15, 0.2) is 0 Å². The van der Waals surface area contributed by atoms with Crippen LogP contribution in [0.2, 0.25) is 6.82 Å². The Bertz CT molecular complexity index is 372. The molecule has 0 atom stereocenters. The lowest BCUT2D eigenvalue weighted by Gasteiger charge is -2.34. The normalized spacial score (nSPS) is 19.4.